The normalized spacial score (nSPS) is 11.8. The van der Waals surface area contributed by atoms with Gasteiger partial charge in [0.2, 0.25) is 10.4 Å². The molecule has 0 amide bonds. The van der Waals surface area contributed by atoms with Gasteiger partial charge in [0.25, 0.3) is 0 Å². The number of unbranched alkanes of at least 4 members (excludes halogenated alkanes) is 4. The average Bonchev–Trinajstić information content (AvgIpc) is 2.72. The molecule has 0 aliphatic rings. The Hall–Kier alpha value is -0.950. The molecular formula is C23H43NO4S. The second-order valence-electron chi connectivity index (χ2n) is 7.81. The van der Waals surface area contributed by atoms with Crippen LogP contribution in [0.2, 0.25) is 0 Å². The zero-order valence-corrected chi connectivity index (χ0v) is 19.9. The van der Waals surface area contributed by atoms with E-state index in [1.807, 2.05) is 0 Å². The first-order valence-corrected chi connectivity index (χ1v) is 12.6. The van der Waals surface area contributed by atoms with Crippen LogP contribution in [-0.2, 0) is 21.2 Å². The van der Waals surface area contributed by atoms with Gasteiger partial charge in [-0.2, -0.15) is 0 Å². The first-order valence-electron chi connectivity index (χ1n) is 11.3. The minimum atomic E-state index is -4.57. The molecule has 0 aromatic heterocycles. The summed E-state index contributed by atoms with van der Waals surface area (Å²) >= 11 is 0. The number of hydrogen-bond donors (Lipinski definition) is 0. The Morgan fingerprint density at radius 1 is 0.759 bits per heavy atom. The molecule has 29 heavy (non-hydrogen) atoms. The summed E-state index contributed by atoms with van der Waals surface area (Å²) in [6, 6.07) is 8.60. The minimum absolute atomic E-state index is 0.202. The van der Waals surface area contributed by atoms with E-state index in [9.17, 15) is 13.0 Å². The Morgan fingerprint density at radius 3 is 1.45 bits per heavy atom. The zero-order chi connectivity index (χ0) is 22.0. The van der Waals surface area contributed by atoms with Crippen LogP contribution in [0.15, 0.2) is 30.3 Å². The van der Waals surface area contributed by atoms with Gasteiger partial charge in [-0.05, 0) is 31.2 Å². The monoisotopic (exact) mass is 429 g/mol. The molecule has 170 valence electrons. The van der Waals surface area contributed by atoms with Gasteiger partial charge >= 0.3 is 0 Å². The van der Waals surface area contributed by atoms with E-state index in [2.05, 4.69) is 31.9 Å². The zero-order valence-electron chi connectivity index (χ0n) is 19.1. The molecule has 0 aliphatic heterocycles. The van der Waals surface area contributed by atoms with E-state index in [1.54, 1.807) is 30.3 Å². The third-order valence-corrected chi connectivity index (χ3v) is 5.56. The van der Waals surface area contributed by atoms with Crippen LogP contribution in [0.1, 0.15) is 84.6 Å². The highest BCUT2D eigenvalue weighted by Crippen LogP contribution is 2.16. The van der Waals surface area contributed by atoms with Gasteiger partial charge in [-0.25, -0.2) is 8.42 Å². The summed E-state index contributed by atoms with van der Waals surface area (Å²) in [5.74, 6) is 0. The van der Waals surface area contributed by atoms with E-state index in [0.29, 0.717) is 5.56 Å². The molecule has 0 atom stereocenters. The van der Waals surface area contributed by atoms with Gasteiger partial charge in [-0.15, -0.1) is 0 Å². The lowest BCUT2D eigenvalue weighted by molar-refractivity contribution is -0.929. The molecule has 0 bridgehead atoms. The largest absolute Gasteiger partial charge is 0.726 e. The van der Waals surface area contributed by atoms with E-state index >= 15 is 0 Å². The highest BCUT2D eigenvalue weighted by molar-refractivity contribution is 7.80. The summed E-state index contributed by atoms with van der Waals surface area (Å²) in [6.07, 6.45) is 11.1. The summed E-state index contributed by atoms with van der Waals surface area (Å²) in [4.78, 5) is 0. The second-order valence-corrected chi connectivity index (χ2v) is 8.86. The maximum absolute atomic E-state index is 10.0. The van der Waals surface area contributed by atoms with Crippen LogP contribution in [0.5, 0.6) is 0 Å². The van der Waals surface area contributed by atoms with Crippen LogP contribution >= 0.6 is 0 Å². The van der Waals surface area contributed by atoms with E-state index in [1.165, 1.54) is 82.0 Å². The summed E-state index contributed by atoms with van der Waals surface area (Å²) in [6.45, 7) is 14.8. The van der Waals surface area contributed by atoms with Crippen molar-refractivity contribution in [2.75, 3.05) is 26.2 Å². The van der Waals surface area contributed by atoms with Crippen molar-refractivity contribution in [2.24, 2.45) is 0 Å². The van der Waals surface area contributed by atoms with Crippen molar-refractivity contribution in [3.8, 4) is 0 Å². The molecule has 0 fully saturated rings. The summed E-state index contributed by atoms with van der Waals surface area (Å²) < 4.78 is 35.5. The molecule has 0 aliphatic carbocycles. The third-order valence-electron chi connectivity index (χ3n) is 5.16. The van der Waals surface area contributed by atoms with Crippen LogP contribution in [0.25, 0.3) is 0 Å². The molecule has 0 spiro atoms. The van der Waals surface area contributed by atoms with Gasteiger partial charge in [0.05, 0.1) is 32.8 Å². The Balaban J connectivity index is 0.000000571. The van der Waals surface area contributed by atoms with E-state index in [-0.39, 0.29) is 6.61 Å². The molecule has 6 heteroatoms. The lowest BCUT2D eigenvalue weighted by Crippen LogP contribution is -2.50. The van der Waals surface area contributed by atoms with Crippen molar-refractivity contribution < 1.29 is 21.6 Å². The molecule has 0 N–H and O–H groups in total. The fraction of sp³-hybridized carbons (Fsp3) is 0.739. The SMILES string of the molecule is CCCC[N+](CCCC)(CCCC)CCCC.O=S(=O)([O-])OCc1ccccc1. The fourth-order valence-corrected chi connectivity index (χ4v) is 3.64. The van der Waals surface area contributed by atoms with Crippen molar-refractivity contribution in [1.29, 1.82) is 0 Å². The van der Waals surface area contributed by atoms with Crippen LogP contribution in [-0.4, -0.2) is 43.6 Å². The topological polar surface area (TPSA) is 66.4 Å². The molecule has 0 saturated carbocycles. The second kappa shape index (κ2) is 16.8. The molecule has 0 heterocycles. The molecule has 0 radical (unpaired) electrons. The first-order chi connectivity index (χ1) is 13.8. The molecule has 5 nitrogen and oxygen atoms in total. The highest BCUT2D eigenvalue weighted by Gasteiger charge is 2.24. The van der Waals surface area contributed by atoms with Crippen molar-refractivity contribution in [3.05, 3.63) is 35.9 Å². The Labute approximate surface area is 180 Å². The van der Waals surface area contributed by atoms with E-state index < -0.39 is 10.4 Å². The van der Waals surface area contributed by atoms with Crippen LogP contribution < -0.4 is 0 Å². The number of quaternary nitrogens is 1. The summed E-state index contributed by atoms with van der Waals surface area (Å²) in [7, 11) is -4.57. The number of nitrogens with zero attached hydrogens (tertiary/aromatic N) is 1. The van der Waals surface area contributed by atoms with Gasteiger partial charge in [-0.3, -0.25) is 4.18 Å². The molecule has 1 aromatic rings. The van der Waals surface area contributed by atoms with Crippen LogP contribution in [0, 0.1) is 0 Å². The van der Waals surface area contributed by atoms with Gasteiger partial charge < -0.3 is 9.04 Å². The lowest BCUT2D eigenvalue weighted by atomic mass is 10.1. The predicted octanol–water partition coefficient (Wildman–Crippen LogP) is 5.67. The van der Waals surface area contributed by atoms with Gasteiger partial charge in [0, 0.05) is 0 Å². The maximum Gasteiger partial charge on any atom is 0.217 e. The number of benzene rings is 1. The van der Waals surface area contributed by atoms with E-state index in [0.717, 1.165) is 0 Å². The Morgan fingerprint density at radius 2 is 1.14 bits per heavy atom. The van der Waals surface area contributed by atoms with Crippen molar-refractivity contribution in [2.45, 2.75) is 85.7 Å². The van der Waals surface area contributed by atoms with E-state index in [4.69, 9.17) is 0 Å². The van der Waals surface area contributed by atoms with Crippen molar-refractivity contribution in [1.82, 2.24) is 0 Å². The highest BCUT2D eigenvalue weighted by atomic mass is 32.3. The van der Waals surface area contributed by atoms with Crippen LogP contribution in [0.3, 0.4) is 0 Å². The molecule has 0 saturated heterocycles. The number of hydrogen-bond acceptors (Lipinski definition) is 4. The third kappa shape index (κ3) is 15.5. The lowest BCUT2D eigenvalue weighted by Gasteiger charge is -2.39. The maximum atomic E-state index is 10.0. The van der Waals surface area contributed by atoms with Gasteiger partial charge in [0.1, 0.15) is 0 Å². The van der Waals surface area contributed by atoms with Gasteiger partial charge in [-0.1, -0.05) is 83.7 Å². The first kappa shape index (κ1) is 28.1. The van der Waals surface area contributed by atoms with Crippen molar-refractivity contribution in [3.63, 3.8) is 0 Å². The standard InChI is InChI=1S/C16H36N.C7H8O4S/c1-5-9-13-17(14-10-6-2,15-11-7-3)16-12-8-4;8-12(9,10)11-6-7-4-2-1-3-5-7/h5-16H2,1-4H3;1-5H,6H2,(H,8,9,10)/q+1;/p-1. The molecule has 0 unspecified atom stereocenters. The number of rotatable bonds is 15. The fourth-order valence-electron chi connectivity index (χ4n) is 3.36. The van der Waals surface area contributed by atoms with Gasteiger partial charge in [0.15, 0.2) is 0 Å². The smallest absolute Gasteiger partial charge is 0.217 e. The summed E-state index contributed by atoms with van der Waals surface area (Å²) in [5.41, 5.74) is 0.650. The molecule has 1 rings (SSSR count). The molecular weight excluding hydrogens is 386 g/mol. The average molecular weight is 430 g/mol. The Bertz CT molecular complexity index is 553. The molecule has 1 aromatic carbocycles. The minimum Gasteiger partial charge on any atom is -0.726 e. The van der Waals surface area contributed by atoms with Crippen LogP contribution in [0.4, 0.5) is 0 Å². The Kier molecular flexibility index (Phi) is 16.3. The quantitative estimate of drug-likeness (QED) is 0.205. The predicted molar refractivity (Wildman–Crippen MR) is 120 cm³/mol. The summed E-state index contributed by atoms with van der Waals surface area (Å²) in [5, 5.41) is 0. The van der Waals surface area contributed by atoms with Crippen molar-refractivity contribution >= 4 is 10.4 Å².